The van der Waals surface area contributed by atoms with Crippen LogP contribution in [-0.4, -0.2) is 71.2 Å². The van der Waals surface area contributed by atoms with Crippen LogP contribution >= 0.6 is 24.0 Å². The van der Waals surface area contributed by atoms with Crippen LogP contribution in [0.4, 0.5) is 0 Å². The highest BCUT2D eigenvalue weighted by molar-refractivity contribution is 6.64. The Hall–Kier alpha value is -4.29. The number of aliphatic carboxylic acids is 1. The quantitative estimate of drug-likeness (QED) is 0.0575. The molecule has 9 atom stereocenters. The van der Waals surface area contributed by atoms with Gasteiger partial charge in [-0.05, 0) is 109 Å². The van der Waals surface area contributed by atoms with Crippen molar-refractivity contribution in [2.24, 2.45) is 75.9 Å². The molecule has 0 spiro atoms. The lowest BCUT2D eigenvalue weighted by Crippen LogP contribution is -2.47. The Balaban J connectivity index is -0.00000102. The van der Waals surface area contributed by atoms with Crippen molar-refractivity contribution in [1.29, 1.82) is 0 Å². The van der Waals surface area contributed by atoms with Gasteiger partial charge < -0.3 is 25.2 Å². The molecule has 0 heterocycles. The Bertz CT molecular complexity index is 2010. The average molecular weight is 1140 g/mol. The molecule has 0 radical (unpaired) electrons. The summed E-state index contributed by atoms with van der Waals surface area (Å²) in [5.41, 5.74) is 2.54. The third-order valence-electron chi connectivity index (χ3n) is 14.1. The summed E-state index contributed by atoms with van der Waals surface area (Å²) >= 11 is 5.85. The molecular weight excluding hydrogens is 1030 g/mol. The molecule has 0 aliphatic carbocycles. The Labute approximate surface area is 484 Å². The summed E-state index contributed by atoms with van der Waals surface area (Å²) in [5.74, 6) is -1.06. The molecule has 2 amide bonds. The predicted molar refractivity (Wildman–Crippen MR) is 322 cm³/mol. The zero-order valence-corrected chi connectivity index (χ0v) is 53.6. The number of carboxylic acid groups (broad SMARTS) is 1. The van der Waals surface area contributed by atoms with Crippen molar-refractivity contribution in [3.63, 3.8) is 0 Å². The van der Waals surface area contributed by atoms with Crippen LogP contribution in [0.1, 0.15) is 189 Å². The van der Waals surface area contributed by atoms with Crippen LogP contribution in [-0.2, 0) is 55.9 Å². The molecular formula is C64H108Cl2N2O10. The molecule has 0 aromatic heterocycles. The topological polar surface area (TPSA) is 182 Å². The summed E-state index contributed by atoms with van der Waals surface area (Å²) in [5, 5.41) is 13.9. The minimum atomic E-state index is -0.770. The van der Waals surface area contributed by atoms with E-state index < -0.39 is 29.9 Å². The van der Waals surface area contributed by atoms with Crippen molar-refractivity contribution in [3.05, 3.63) is 71.8 Å². The number of carbonyl (C=O) groups excluding carboxylic acids is 6. The lowest BCUT2D eigenvalue weighted by atomic mass is 9.76. The summed E-state index contributed by atoms with van der Waals surface area (Å²) in [7, 11) is 0. The third-order valence-corrected chi connectivity index (χ3v) is 14.3. The van der Waals surface area contributed by atoms with Crippen LogP contribution in [0.15, 0.2) is 60.7 Å². The fraction of sp³-hybridized carbons (Fsp3) is 0.703. The van der Waals surface area contributed by atoms with Crippen LogP contribution in [0.3, 0.4) is 0 Å². The van der Waals surface area contributed by atoms with Gasteiger partial charge in [0, 0.05) is 42.9 Å². The number of amides is 2. The van der Waals surface area contributed by atoms with Crippen LogP contribution in [0.25, 0.3) is 0 Å². The highest BCUT2D eigenvalue weighted by atomic mass is 35.5. The Morgan fingerprint density at radius 2 is 0.910 bits per heavy atom. The van der Waals surface area contributed by atoms with E-state index in [1.165, 1.54) is 6.42 Å². The van der Waals surface area contributed by atoms with E-state index in [2.05, 4.69) is 66.0 Å². The smallest absolute Gasteiger partial charge is 0.328 e. The van der Waals surface area contributed by atoms with E-state index in [9.17, 15) is 33.6 Å². The number of rotatable bonds is 27. The lowest BCUT2D eigenvalue weighted by Gasteiger charge is -2.29. The van der Waals surface area contributed by atoms with Crippen molar-refractivity contribution in [2.45, 2.75) is 202 Å². The highest BCUT2D eigenvalue weighted by Gasteiger charge is 2.33. The maximum atomic E-state index is 13.0. The number of carboxylic acids is 1. The second-order valence-corrected chi connectivity index (χ2v) is 25.4. The number of halogens is 2. The molecule has 0 fully saturated rings. The fourth-order valence-corrected chi connectivity index (χ4v) is 8.81. The molecule has 3 N–H and O–H groups in total. The minimum absolute atomic E-state index is 0. The van der Waals surface area contributed by atoms with Gasteiger partial charge in [0.1, 0.15) is 17.9 Å². The molecule has 0 bridgehead atoms. The van der Waals surface area contributed by atoms with Crippen molar-refractivity contribution in [3.8, 4) is 0 Å². The van der Waals surface area contributed by atoms with Gasteiger partial charge in [-0.2, -0.15) is 0 Å². The molecule has 2 rings (SSSR count). The number of ketones is 1. The van der Waals surface area contributed by atoms with Gasteiger partial charge in [-0.25, -0.2) is 9.59 Å². The Kier molecular flexibility index (Phi) is 39.9. The molecule has 0 aliphatic heterocycles. The van der Waals surface area contributed by atoms with Crippen molar-refractivity contribution in [1.82, 2.24) is 10.6 Å². The maximum Gasteiger partial charge on any atom is 0.328 e. The predicted octanol–water partition coefficient (Wildman–Crippen LogP) is 14.4. The molecule has 448 valence electrons. The maximum absolute atomic E-state index is 13.0. The lowest BCUT2D eigenvalue weighted by molar-refractivity contribution is -0.148. The van der Waals surface area contributed by atoms with Gasteiger partial charge in [-0.15, -0.1) is 12.4 Å². The summed E-state index contributed by atoms with van der Waals surface area (Å²) in [6, 6.07) is 17.7. The first-order valence-electron chi connectivity index (χ1n) is 28.5. The molecule has 0 saturated heterocycles. The summed E-state index contributed by atoms with van der Waals surface area (Å²) in [6.45, 7) is 43.1. The molecule has 14 heteroatoms. The largest absolute Gasteiger partial charge is 0.481 e. The standard InChI is InChI=1S/C23H35NO4.C18H35ClO.C17H25NO3.C6H12O2.ClH/c1-7-28-23(27)20(13-18-11-9-8-10-12-18)24-22(26)19(16(4)5)14-21(25)17(6)15(2)3;1-13(11-17(3,4)5)9-10-15(16(19)20)14(2)12-18(6,7)8;1-5-21-17(20)15(11-14-9-7-6-8-10-14)18-16(19)13(4)12(2)3;1-4(2)5(3)6(7)8;/h8-12,15-17,19-20H,7,13-14H2,1-6H3,(H,24,26);13-15H,9-12H2,1-8H3;6-10,12-13,15H,5,11H2,1-4H3,(H,18,19);4-5H,1-3H3,(H,7,8);1H/t17-,19-,20-;;13-,15-;5-;/m0.00./s1. The van der Waals surface area contributed by atoms with Crippen LogP contribution in [0.5, 0.6) is 0 Å². The monoisotopic (exact) mass is 1130 g/mol. The second-order valence-electron chi connectivity index (χ2n) is 25.1. The first-order valence-corrected chi connectivity index (χ1v) is 28.8. The van der Waals surface area contributed by atoms with E-state index in [4.69, 9.17) is 26.2 Å². The first-order chi connectivity index (χ1) is 35.5. The van der Waals surface area contributed by atoms with Crippen LogP contribution in [0, 0.1) is 75.9 Å². The van der Waals surface area contributed by atoms with E-state index in [1.54, 1.807) is 20.8 Å². The van der Waals surface area contributed by atoms with Gasteiger partial charge in [0.15, 0.2) is 0 Å². The number of carbonyl (C=O) groups is 7. The Morgan fingerprint density at radius 1 is 0.526 bits per heavy atom. The molecule has 2 aromatic carbocycles. The van der Waals surface area contributed by atoms with E-state index in [-0.39, 0.29) is 107 Å². The summed E-state index contributed by atoms with van der Waals surface area (Å²) in [4.78, 5) is 84.0. The molecule has 78 heavy (non-hydrogen) atoms. The van der Waals surface area contributed by atoms with Crippen molar-refractivity contribution >= 4 is 64.8 Å². The fourth-order valence-electron chi connectivity index (χ4n) is 8.49. The summed E-state index contributed by atoms with van der Waals surface area (Å²) < 4.78 is 10.2. The highest BCUT2D eigenvalue weighted by Crippen LogP contribution is 2.34. The third kappa shape index (κ3) is 35.4. The number of ether oxygens (including phenoxy) is 2. The van der Waals surface area contributed by atoms with E-state index in [0.29, 0.717) is 36.7 Å². The number of hydrogen-bond donors (Lipinski definition) is 3. The number of benzene rings is 2. The molecule has 0 saturated carbocycles. The minimum Gasteiger partial charge on any atom is -0.481 e. The van der Waals surface area contributed by atoms with E-state index in [1.807, 2.05) is 130 Å². The zero-order chi connectivity index (χ0) is 60.0. The number of hydrogen-bond acceptors (Lipinski definition) is 9. The Morgan fingerprint density at radius 3 is 1.22 bits per heavy atom. The zero-order valence-electron chi connectivity index (χ0n) is 52.1. The molecule has 12 nitrogen and oxygen atoms in total. The van der Waals surface area contributed by atoms with Gasteiger partial charge >= 0.3 is 17.9 Å². The molecule has 2 aromatic rings. The van der Waals surface area contributed by atoms with Gasteiger partial charge in [0.2, 0.25) is 17.1 Å². The molecule has 0 aliphatic rings. The van der Waals surface area contributed by atoms with Crippen molar-refractivity contribution in [2.75, 3.05) is 13.2 Å². The first kappa shape index (κ1) is 77.9. The van der Waals surface area contributed by atoms with Gasteiger partial charge in [-0.3, -0.25) is 24.0 Å². The number of nitrogens with one attached hydrogen (secondary N) is 2. The van der Waals surface area contributed by atoms with Gasteiger partial charge in [0.05, 0.1) is 19.1 Å². The van der Waals surface area contributed by atoms with Gasteiger partial charge in [0.25, 0.3) is 0 Å². The normalized spacial score (nSPS) is 14.8. The SMILES string of the molecule is CC(C)[C@H](C)C(=O)O.CC(CCC(C(=O)Cl)C(C)CC(C)(C)C)CC(C)(C)C.CCOC(=O)[C@H](Cc1ccccc1)NC(=O)[C@@H](C)C(C)C.CCOC(=O)[C@H](Cc1ccccc1)NC(=O)[C@@H](CC(=O)[C@@H](C)C(C)C)C(C)C.Cl. The van der Waals surface area contributed by atoms with E-state index in [0.717, 1.165) is 30.4 Å². The summed E-state index contributed by atoms with van der Waals surface area (Å²) in [6.07, 6.45) is 5.24. The van der Waals surface area contributed by atoms with Crippen LogP contribution < -0.4 is 10.6 Å². The van der Waals surface area contributed by atoms with Crippen molar-refractivity contribution < 1.29 is 48.1 Å². The van der Waals surface area contributed by atoms with E-state index >= 15 is 0 Å². The van der Waals surface area contributed by atoms with Crippen LogP contribution in [0.2, 0.25) is 0 Å². The average Bonchev–Trinajstić information content (AvgIpc) is 3.31. The number of esters is 2. The second kappa shape index (κ2) is 40.0. The van der Waals surface area contributed by atoms with Gasteiger partial charge in [-0.1, -0.05) is 192 Å². The number of Topliss-reactive ketones (excluding diaryl/α,β-unsaturated/α-hetero) is 1. The molecule has 3 unspecified atom stereocenters.